The Morgan fingerprint density at radius 2 is 1.71 bits per heavy atom. The summed E-state index contributed by atoms with van der Waals surface area (Å²) < 4.78 is 42.8. The highest BCUT2D eigenvalue weighted by atomic mass is 32.2. The lowest BCUT2D eigenvalue weighted by Gasteiger charge is -2.15. The van der Waals surface area contributed by atoms with Crippen molar-refractivity contribution in [2.24, 2.45) is 0 Å². The van der Waals surface area contributed by atoms with E-state index in [-0.39, 0.29) is 12.2 Å². The third-order valence-electron chi connectivity index (χ3n) is 3.13. The minimum Gasteiger partial charge on any atom is -0.479 e. The number of carbonyl (C=O) groups is 1. The first-order chi connectivity index (χ1) is 11.4. The molecule has 0 aliphatic carbocycles. The largest absolute Gasteiger partial charge is 0.479 e. The number of carboxylic acids is 1. The summed E-state index contributed by atoms with van der Waals surface area (Å²) in [6.45, 7) is 0. The Morgan fingerprint density at radius 3 is 2.25 bits per heavy atom. The lowest BCUT2D eigenvalue weighted by molar-refractivity contribution is -0.145. The van der Waals surface area contributed by atoms with Gasteiger partial charge in [-0.3, -0.25) is 0 Å². The van der Waals surface area contributed by atoms with E-state index >= 15 is 0 Å². The normalized spacial score (nSPS) is 12.6. The van der Waals surface area contributed by atoms with Crippen molar-refractivity contribution in [2.45, 2.75) is 23.6 Å². The van der Waals surface area contributed by atoms with Gasteiger partial charge in [-0.25, -0.2) is 4.79 Å². The second-order valence-electron chi connectivity index (χ2n) is 4.92. The van der Waals surface area contributed by atoms with Crippen molar-refractivity contribution in [3.8, 4) is 5.75 Å². The molecule has 3 nitrogen and oxygen atoms in total. The average molecular weight is 356 g/mol. The van der Waals surface area contributed by atoms with E-state index in [1.807, 2.05) is 30.3 Å². The number of halogens is 3. The van der Waals surface area contributed by atoms with Crippen LogP contribution < -0.4 is 4.74 Å². The maximum absolute atomic E-state index is 12.5. The number of thioether (sulfide) groups is 1. The number of alkyl halides is 3. The summed E-state index contributed by atoms with van der Waals surface area (Å²) in [4.78, 5) is 12.3. The van der Waals surface area contributed by atoms with Crippen molar-refractivity contribution in [3.63, 3.8) is 0 Å². The summed E-state index contributed by atoms with van der Waals surface area (Å²) in [6.07, 6.45) is -5.31. The molecule has 0 bridgehead atoms. The van der Waals surface area contributed by atoms with E-state index in [1.165, 1.54) is 11.8 Å². The molecule has 24 heavy (non-hydrogen) atoms. The molecule has 128 valence electrons. The average Bonchev–Trinajstić information content (AvgIpc) is 2.54. The summed E-state index contributed by atoms with van der Waals surface area (Å²) >= 11 is 1.49. The van der Waals surface area contributed by atoms with Crippen molar-refractivity contribution in [2.75, 3.05) is 5.75 Å². The van der Waals surface area contributed by atoms with Crippen molar-refractivity contribution in [3.05, 3.63) is 60.2 Å². The molecule has 0 aromatic heterocycles. The van der Waals surface area contributed by atoms with E-state index in [2.05, 4.69) is 0 Å². The molecule has 1 atom stereocenters. The van der Waals surface area contributed by atoms with Gasteiger partial charge in [-0.2, -0.15) is 13.2 Å². The first kappa shape index (κ1) is 18.2. The van der Waals surface area contributed by atoms with Crippen LogP contribution in [0.1, 0.15) is 12.0 Å². The first-order valence-electron chi connectivity index (χ1n) is 7.11. The number of rotatable bonds is 7. The number of benzene rings is 2. The summed E-state index contributed by atoms with van der Waals surface area (Å²) in [7, 11) is 0. The van der Waals surface area contributed by atoms with Gasteiger partial charge in [-0.05, 0) is 36.4 Å². The Hall–Kier alpha value is -2.15. The Kier molecular flexibility index (Phi) is 6.14. The Morgan fingerprint density at radius 1 is 1.08 bits per heavy atom. The standard InChI is InChI=1S/C17H15F3O3S/c18-17(19,20)12-6-8-13(9-7-12)23-15(16(21)22)10-11-24-14-4-2-1-3-5-14/h1-9,15H,10-11H2,(H,21,22). The van der Waals surface area contributed by atoms with Crippen LogP contribution in [0, 0.1) is 0 Å². The Bertz CT molecular complexity index is 657. The van der Waals surface area contributed by atoms with E-state index in [1.54, 1.807) is 0 Å². The fourth-order valence-electron chi connectivity index (χ4n) is 1.92. The van der Waals surface area contributed by atoms with Crippen LogP contribution in [0.25, 0.3) is 0 Å². The van der Waals surface area contributed by atoms with E-state index in [9.17, 15) is 23.1 Å². The van der Waals surface area contributed by atoms with Crippen LogP contribution >= 0.6 is 11.8 Å². The van der Waals surface area contributed by atoms with E-state index in [4.69, 9.17) is 4.74 Å². The summed E-state index contributed by atoms with van der Waals surface area (Å²) in [6, 6.07) is 13.5. The van der Waals surface area contributed by atoms with Gasteiger partial charge in [0.25, 0.3) is 0 Å². The fraction of sp³-hybridized carbons (Fsp3) is 0.235. The van der Waals surface area contributed by atoms with Gasteiger partial charge >= 0.3 is 12.1 Å². The molecule has 0 aliphatic rings. The molecule has 0 aliphatic heterocycles. The molecule has 0 saturated carbocycles. The van der Waals surface area contributed by atoms with Crippen LogP contribution in [0.5, 0.6) is 5.75 Å². The predicted molar refractivity (Wildman–Crippen MR) is 85.3 cm³/mol. The molecular weight excluding hydrogens is 341 g/mol. The van der Waals surface area contributed by atoms with Gasteiger partial charge < -0.3 is 9.84 Å². The minimum absolute atomic E-state index is 0.0973. The van der Waals surface area contributed by atoms with Crippen LogP contribution in [-0.4, -0.2) is 22.9 Å². The van der Waals surface area contributed by atoms with Crippen molar-refractivity contribution < 1.29 is 27.8 Å². The van der Waals surface area contributed by atoms with Gasteiger partial charge in [0.15, 0.2) is 6.10 Å². The molecule has 0 heterocycles. The van der Waals surface area contributed by atoms with Crippen LogP contribution in [0.4, 0.5) is 13.2 Å². The number of hydrogen-bond acceptors (Lipinski definition) is 3. The number of aliphatic carboxylic acids is 1. The molecule has 0 saturated heterocycles. The molecule has 0 amide bonds. The summed E-state index contributed by atoms with van der Waals surface area (Å²) in [5, 5.41) is 9.20. The highest BCUT2D eigenvalue weighted by Crippen LogP contribution is 2.30. The van der Waals surface area contributed by atoms with E-state index < -0.39 is 23.8 Å². The van der Waals surface area contributed by atoms with Crippen molar-refractivity contribution in [1.29, 1.82) is 0 Å². The SMILES string of the molecule is O=C(O)C(CCSc1ccccc1)Oc1ccc(C(F)(F)F)cc1. The molecule has 0 spiro atoms. The molecule has 0 fully saturated rings. The Balaban J connectivity index is 1.92. The molecule has 0 radical (unpaired) electrons. The maximum atomic E-state index is 12.5. The van der Waals surface area contributed by atoms with Crippen molar-refractivity contribution >= 4 is 17.7 Å². The van der Waals surface area contributed by atoms with Crippen LogP contribution in [0.15, 0.2) is 59.5 Å². The zero-order valence-electron chi connectivity index (χ0n) is 12.5. The first-order valence-corrected chi connectivity index (χ1v) is 8.09. The third-order valence-corrected chi connectivity index (χ3v) is 4.17. The zero-order chi connectivity index (χ0) is 17.6. The van der Waals surface area contributed by atoms with Gasteiger partial charge in [0, 0.05) is 17.1 Å². The van der Waals surface area contributed by atoms with Gasteiger partial charge in [0.05, 0.1) is 5.56 Å². The summed E-state index contributed by atoms with van der Waals surface area (Å²) in [5.74, 6) is -0.537. The molecule has 1 unspecified atom stereocenters. The fourth-order valence-corrected chi connectivity index (χ4v) is 2.84. The van der Waals surface area contributed by atoms with Crippen LogP contribution in [-0.2, 0) is 11.0 Å². The minimum atomic E-state index is -4.43. The van der Waals surface area contributed by atoms with Gasteiger partial charge in [0.1, 0.15) is 5.75 Å². The predicted octanol–water partition coefficient (Wildman–Crippen LogP) is 4.72. The second kappa shape index (κ2) is 8.10. The topological polar surface area (TPSA) is 46.5 Å². The number of hydrogen-bond donors (Lipinski definition) is 1. The zero-order valence-corrected chi connectivity index (χ0v) is 13.3. The molecular formula is C17H15F3O3S. The smallest absolute Gasteiger partial charge is 0.416 e. The van der Waals surface area contributed by atoms with Crippen LogP contribution in [0.2, 0.25) is 0 Å². The van der Waals surface area contributed by atoms with Gasteiger partial charge in [0.2, 0.25) is 0 Å². The molecule has 7 heteroatoms. The number of ether oxygens (including phenoxy) is 1. The summed E-state index contributed by atoms with van der Waals surface area (Å²) in [5.41, 5.74) is -0.804. The van der Waals surface area contributed by atoms with Crippen LogP contribution in [0.3, 0.4) is 0 Å². The lowest BCUT2D eigenvalue weighted by Crippen LogP contribution is -2.27. The lowest BCUT2D eigenvalue weighted by atomic mass is 10.2. The molecule has 1 N–H and O–H groups in total. The molecule has 2 aromatic rings. The monoisotopic (exact) mass is 356 g/mol. The van der Waals surface area contributed by atoms with E-state index in [0.717, 1.165) is 29.2 Å². The number of carboxylic acid groups (broad SMARTS) is 1. The molecule has 2 aromatic carbocycles. The third kappa shape index (κ3) is 5.49. The Labute approximate surface area is 141 Å². The highest BCUT2D eigenvalue weighted by molar-refractivity contribution is 7.99. The van der Waals surface area contributed by atoms with E-state index in [0.29, 0.717) is 5.75 Å². The van der Waals surface area contributed by atoms with Gasteiger partial charge in [-0.15, -0.1) is 11.8 Å². The quantitative estimate of drug-likeness (QED) is 0.729. The maximum Gasteiger partial charge on any atom is 0.416 e. The van der Waals surface area contributed by atoms with Crippen molar-refractivity contribution in [1.82, 2.24) is 0 Å². The second-order valence-corrected chi connectivity index (χ2v) is 6.09. The highest BCUT2D eigenvalue weighted by Gasteiger charge is 2.30. The molecule has 2 rings (SSSR count). The van der Waals surface area contributed by atoms with Gasteiger partial charge in [-0.1, -0.05) is 18.2 Å².